The number of rotatable bonds is 2. The van der Waals surface area contributed by atoms with E-state index in [0.29, 0.717) is 18.7 Å². The Bertz CT molecular complexity index is 527. The van der Waals surface area contributed by atoms with Crippen molar-refractivity contribution in [3.8, 4) is 0 Å². The van der Waals surface area contributed by atoms with Crippen LogP contribution in [0, 0.1) is 17.6 Å². The summed E-state index contributed by atoms with van der Waals surface area (Å²) in [6, 6.07) is 3.48. The van der Waals surface area contributed by atoms with Gasteiger partial charge in [-0.15, -0.1) is 0 Å². The van der Waals surface area contributed by atoms with Gasteiger partial charge in [0.15, 0.2) is 0 Å². The maximum absolute atomic E-state index is 13.9. The quantitative estimate of drug-likeness (QED) is 0.779. The summed E-state index contributed by atoms with van der Waals surface area (Å²) in [7, 11) is 0. The van der Waals surface area contributed by atoms with Crippen molar-refractivity contribution in [2.75, 3.05) is 13.1 Å². The molecule has 110 valence electrons. The molecule has 0 aliphatic carbocycles. The average Bonchev–Trinajstić information content (AvgIpc) is 2.73. The molecule has 2 unspecified atom stereocenters. The summed E-state index contributed by atoms with van der Waals surface area (Å²) < 4.78 is 27.0. The third-order valence-corrected chi connectivity index (χ3v) is 4.20. The number of halogens is 3. The van der Waals surface area contributed by atoms with Crippen LogP contribution in [0.3, 0.4) is 0 Å². The van der Waals surface area contributed by atoms with Crippen LogP contribution in [0.1, 0.15) is 32.3 Å². The van der Waals surface area contributed by atoms with Crippen molar-refractivity contribution in [2.45, 2.75) is 32.2 Å². The lowest BCUT2D eigenvalue weighted by molar-refractivity contribution is -0.115. The number of nitrogens with zero attached hydrogens (tertiary/aromatic N) is 1. The fourth-order valence-corrected chi connectivity index (χ4v) is 2.92. The largest absolute Gasteiger partial charge is 0.297 e. The number of hydrogen-bond donors (Lipinski definition) is 0. The number of benzene rings is 1. The predicted molar refractivity (Wildman–Crippen MR) is 74.8 cm³/mol. The van der Waals surface area contributed by atoms with Crippen LogP contribution >= 0.6 is 11.6 Å². The molecule has 1 aliphatic heterocycles. The van der Waals surface area contributed by atoms with E-state index in [1.165, 1.54) is 12.1 Å². The summed E-state index contributed by atoms with van der Waals surface area (Å²) in [5.41, 5.74) is 0.229. The third-order valence-electron chi connectivity index (χ3n) is 3.92. The first-order valence-corrected chi connectivity index (χ1v) is 6.97. The first-order chi connectivity index (χ1) is 9.20. The van der Waals surface area contributed by atoms with Crippen molar-refractivity contribution in [1.82, 2.24) is 4.90 Å². The predicted octanol–water partition coefficient (Wildman–Crippen LogP) is 3.54. The number of carbonyl (C=O) groups excluding carboxylic acids is 1. The summed E-state index contributed by atoms with van der Waals surface area (Å²) in [6.45, 7) is 7.13. The summed E-state index contributed by atoms with van der Waals surface area (Å²) in [5.74, 6) is -2.03. The Balaban J connectivity index is 2.35. The van der Waals surface area contributed by atoms with Crippen LogP contribution in [0.25, 0.3) is 0 Å². The van der Waals surface area contributed by atoms with Crippen molar-refractivity contribution >= 4 is 16.8 Å². The van der Waals surface area contributed by atoms with Crippen LogP contribution < -0.4 is 0 Å². The Morgan fingerprint density at radius 1 is 1.30 bits per heavy atom. The minimum atomic E-state index is -0.620. The lowest BCUT2D eigenvalue weighted by Gasteiger charge is -2.31. The van der Waals surface area contributed by atoms with E-state index in [9.17, 15) is 13.6 Å². The van der Waals surface area contributed by atoms with Crippen LogP contribution in [0.4, 0.5) is 8.78 Å². The van der Waals surface area contributed by atoms with Crippen LogP contribution in [0.15, 0.2) is 18.2 Å². The molecule has 0 bridgehead atoms. The van der Waals surface area contributed by atoms with E-state index in [0.717, 1.165) is 6.07 Å². The fourth-order valence-electron chi connectivity index (χ4n) is 2.70. The van der Waals surface area contributed by atoms with Gasteiger partial charge in [-0.3, -0.25) is 9.69 Å². The molecule has 1 aliphatic rings. The van der Waals surface area contributed by atoms with E-state index in [1.807, 2.05) is 20.8 Å². The summed E-state index contributed by atoms with van der Waals surface area (Å²) in [5, 5.41) is -0.467. The van der Waals surface area contributed by atoms with Gasteiger partial charge in [0.1, 0.15) is 11.6 Å². The lowest BCUT2D eigenvalue weighted by Crippen LogP contribution is -2.39. The molecule has 1 heterocycles. The molecule has 0 radical (unpaired) electrons. The van der Waals surface area contributed by atoms with Crippen LogP contribution in [0.2, 0.25) is 0 Å². The normalized spacial score (nSPS) is 24.1. The second-order valence-corrected chi connectivity index (χ2v) is 6.63. The van der Waals surface area contributed by atoms with E-state index in [4.69, 9.17) is 11.6 Å². The molecule has 5 heteroatoms. The minimum Gasteiger partial charge on any atom is -0.297 e. The van der Waals surface area contributed by atoms with Crippen molar-refractivity contribution in [3.05, 3.63) is 35.4 Å². The molecule has 0 N–H and O–H groups in total. The minimum absolute atomic E-state index is 0.129. The highest BCUT2D eigenvalue weighted by atomic mass is 35.5. The molecular formula is C15H18ClF2NO. The van der Waals surface area contributed by atoms with E-state index in [2.05, 4.69) is 4.90 Å². The molecule has 2 atom stereocenters. The molecule has 1 aromatic rings. The van der Waals surface area contributed by atoms with Gasteiger partial charge >= 0.3 is 0 Å². The zero-order valence-electron chi connectivity index (χ0n) is 11.8. The molecule has 0 saturated carbocycles. The molecule has 1 aromatic carbocycles. The monoisotopic (exact) mass is 301 g/mol. The van der Waals surface area contributed by atoms with Gasteiger partial charge in [-0.05, 0) is 44.0 Å². The molecule has 2 rings (SSSR count). The first kappa shape index (κ1) is 15.4. The van der Waals surface area contributed by atoms with E-state index in [-0.39, 0.29) is 11.5 Å². The third kappa shape index (κ3) is 3.01. The number of hydrogen-bond acceptors (Lipinski definition) is 2. The Labute approximate surface area is 122 Å². The first-order valence-electron chi connectivity index (χ1n) is 6.59. The van der Waals surface area contributed by atoms with Crippen molar-refractivity contribution in [1.29, 1.82) is 0 Å². The highest BCUT2D eigenvalue weighted by Crippen LogP contribution is 2.38. The van der Waals surface area contributed by atoms with Gasteiger partial charge in [-0.2, -0.15) is 0 Å². The Morgan fingerprint density at radius 2 is 1.95 bits per heavy atom. The maximum atomic E-state index is 13.9. The van der Waals surface area contributed by atoms with Crippen molar-refractivity contribution < 1.29 is 13.6 Å². The molecule has 1 saturated heterocycles. The van der Waals surface area contributed by atoms with Crippen LogP contribution in [-0.2, 0) is 4.79 Å². The van der Waals surface area contributed by atoms with E-state index >= 15 is 0 Å². The zero-order valence-corrected chi connectivity index (χ0v) is 12.5. The van der Waals surface area contributed by atoms with Gasteiger partial charge in [0.2, 0.25) is 5.24 Å². The van der Waals surface area contributed by atoms with Crippen LogP contribution in [-0.4, -0.2) is 28.8 Å². The van der Waals surface area contributed by atoms with E-state index in [1.54, 1.807) is 0 Å². The molecule has 20 heavy (non-hydrogen) atoms. The Hall–Kier alpha value is -1.00. The second-order valence-electron chi connectivity index (χ2n) is 6.26. The van der Waals surface area contributed by atoms with Gasteiger partial charge in [0.25, 0.3) is 0 Å². The maximum Gasteiger partial charge on any atom is 0.226 e. The highest BCUT2D eigenvalue weighted by molar-refractivity contribution is 6.64. The molecular weight excluding hydrogens is 284 g/mol. The second kappa shape index (κ2) is 5.41. The van der Waals surface area contributed by atoms with Gasteiger partial charge in [-0.1, -0.05) is 6.07 Å². The molecule has 1 fully saturated rings. The number of carbonyl (C=O) groups is 1. The van der Waals surface area contributed by atoms with Crippen LogP contribution in [0.5, 0.6) is 0 Å². The van der Waals surface area contributed by atoms with E-state index < -0.39 is 22.8 Å². The SMILES string of the molecule is CC(C)(C)N1CC(C(=O)Cl)C(c2ccc(F)cc2F)C1. The smallest absolute Gasteiger partial charge is 0.226 e. The summed E-state index contributed by atoms with van der Waals surface area (Å²) in [4.78, 5) is 13.7. The van der Waals surface area contributed by atoms with Gasteiger partial charge < -0.3 is 0 Å². The Morgan fingerprint density at radius 3 is 2.45 bits per heavy atom. The lowest BCUT2D eigenvalue weighted by atomic mass is 9.89. The molecule has 2 nitrogen and oxygen atoms in total. The fraction of sp³-hybridized carbons (Fsp3) is 0.533. The molecule has 0 spiro atoms. The standard InChI is InChI=1S/C15H18ClF2NO/c1-15(2,3)19-7-11(12(8-19)14(16)20)10-5-4-9(17)6-13(10)18/h4-6,11-12H,7-8H2,1-3H3. The van der Waals surface area contributed by atoms with Gasteiger partial charge in [0, 0.05) is 30.6 Å². The Kier molecular flexibility index (Phi) is 4.17. The van der Waals surface area contributed by atoms with Gasteiger partial charge in [-0.25, -0.2) is 8.78 Å². The zero-order chi connectivity index (χ0) is 15.1. The summed E-state index contributed by atoms with van der Waals surface area (Å²) in [6.07, 6.45) is 0. The molecule has 0 aromatic heterocycles. The number of likely N-dealkylation sites (tertiary alicyclic amines) is 1. The molecule has 0 amide bonds. The van der Waals surface area contributed by atoms with Gasteiger partial charge in [0.05, 0.1) is 5.92 Å². The van der Waals surface area contributed by atoms with Crippen molar-refractivity contribution in [3.63, 3.8) is 0 Å². The average molecular weight is 302 g/mol. The summed E-state index contributed by atoms with van der Waals surface area (Å²) >= 11 is 5.67. The van der Waals surface area contributed by atoms with Crippen molar-refractivity contribution in [2.24, 2.45) is 5.92 Å². The topological polar surface area (TPSA) is 20.3 Å². The highest BCUT2D eigenvalue weighted by Gasteiger charge is 2.42.